The number of aliphatic hydroxyl groups excluding tert-OH is 1. The Bertz CT molecular complexity index is 295. The maximum absolute atomic E-state index is 9.64. The average Bonchev–Trinajstić information content (AvgIpc) is 2.72. The average molecular weight is 194 g/mol. The fourth-order valence-corrected chi connectivity index (χ4v) is 2.24. The third kappa shape index (κ3) is 2.15. The van der Waals surface area contributed by atoms with Gasteiger partial charge in [0.2, 0.25) is 0 Å². The molecule has 1 aliphatic rings. The van der Waals surface area contributed by atoms with Crippen LogP contribution in [0.3, 0.4) is 0 Å². The summed E-state index contributed by atoms with van der Waals surface area (Å²) in [5.41, 5.74) is 1.21. The zero-order valence-electron chi connectivity index (χ0n) is 8.69. The Morgan fingerprint density at radius 1 is 1.57 bits per heavy atom. The van der Waals surface area contributed by atoms with Gasteiger partial charge in [-0.1, -0.05) is 6.42 Å². The standard InChI is InChI=1S/C11H18N2O/c1-9-7-12-13(8-9)6-5-10-3-2-4-11(10)14/h7-8,10-11,14H,2-6H2,1H3. The summed E-state index contributed by atoms with van der Waals surface area (Å²) in [7, 11) is 0. The van der Waals surface area contributed by atoms with Gasteiger partial charge in [-0.2, -0.15) is 5.10 Å². The van der Waals surface area contributed by atoms with Gasteiger partial charge in [0, 0.05) is 12.7 Å². The summed E-state index contributed by atoms with van der Waals surface area (Å²) in [6.07, 6.45) is 8.29. The van der Waals surface area contributed by atoms with Gasteiger partial charge >= 0.3 is 0 Å². The van der Waals surface area contributed by atoms with Crippen LogP contribution in [-0.2, 0) is 6.54 Å². The Kier molecular flexibility index (Phi) is 2.87. The van der Waals surface area contributed by atoms with E-state index < -0.39 is 0 Å². The summed E-state index contributed by atoms with van der Waals surface area (Å²) in [5.74, 6) is 0.500. The number of hydrogen-bond donors (Lipinski definition) is 1. The number of nitrogens with zero attached hydrogens (tertiary/aromatic N) is 2. The topological polar surface area (TPSA) is 38.0 Å². The fourth-order valence-electron chi connectivity index (χ4n) is 2.24. The highest BCUT2D eigenvalue weighted by molar-refractivity contribution is 4.99. The van der Waals surface area contributed by atoms with Crippen molar-refractivity contribution in [2.75, 3.05) is 0 Å². The normalized spacial score (nSPS) is 27.0. The summed E-state index contributed by atoms with van der Waals surface area (Å²) in [5, 5.41) is 13.9. The molecule has 3 nitrogen and oxygen atoms in total. The van der Waals surface area contributed by atoms with Crippen LogP contribution in [0.15, 0.2) is 12.4 Å². The van der Waals surface area contributed by atoms with Crippen LogP contribution in [0.25, 0.3) is 0 Å². The van der Waals surface area contributed by atoms with Crippen molar-refractivity contribution in [3.05, 3.63) is 18.0 Å². The molecule has 0 radical (unpaired) electrons. The van der Waals surface area contributed by atoms with Gasteiger partial charge in [-0.05, 0) is 37.7 Å². The van der Waals surface area contributed by atoms with Crippen LogP contribution in [0, 0.1) is 12.8 Å². The van der Waals surface area contributed by atoms with Crippen molar-refractivity contribution in [3.8, 4) is 0 Å². The second-order valence-corrected chi connectivity index (χ2v) is 4.33. The van der Waals surface area contributed by atoms with Crippen LogP contribution in [0.4, 0.5) is 0 Å². The summed E-state index contributed by atoms with van der Waals surface area (Å²) in [4.78, 5) is 0. The molecule has 3 heteroatoms. The Hall–Kier alpha value is -0.830. The van der Waals surface area contributed by atoms with Crippen molar-refractivity contribution in [1.29, 1.82) is 0 Å². The summed E-state index contributed by atoms with van der Waals surface area (Å²) in [6.45, 7) is 2.99. The summed E-state index contributed by atoms with van der Waals surface area (Å²) >= 11 is 0. The lowest BCUT2D eigenvalue weighted by Crippen LogP contribution is -2.15. The molecule has 0 aliphatic heterocycles. The Labute approximate surface area is 84.7 Å². The minimum Gasteiger partial charge on any atom is -0.393 e. The molecule has 1 aromatic rings. The molecule has 2 atom stereocenters. The molecule has 2 rings (SSSR count). The monoisotopic (exact) mass is 194 g/mol. The second-order valence-electron chi connectivity index (χ2n) is 4.33. The van der Waals surface area contributed by atoms with E-state index in [-0.39, 0.29) is 6.10 Å². The van der Waals surface area contributed by atoms with E-state index in [0.29, 0.717) is 5.92 Å². The smallest absolute Gasteiger partial charge is 0.0569 e. The first-order chi connectivity index (χ1) is 6.75. The second kappa shape index (κ2) is 4.13. The van der Waals surface area contributed by atoms with Gasteiger partial charge in [-0.15, -0.1) is 0 Å². The summed E-state index contributed by atoms with van der Waals surface area (Å²) in [6, 6.07) is 0. The van der Waals surface area contributed by atoms with Crippen LogP contribution < -0.4 is 0 Å². The minimum absolute atomic E-state index is 0.0633. The van der Waals surface area contributed by atoms with Gasteiger partial charge in [0.05, 0.1) is 12.3 Å². The lowest BCUT2D eigenvalue weighted by atomic mass is 10.0. The number of aliphatic hydroxyl groups is 1. The molecule has 1 aromatic heterocycles. The Morgan fingerprint density at radius 3 is 3.00 bits per heavy atom. The van der Waals surface area contributed by atoms with E-state index in [1.807, 2.05) is 17.8 Å². The van der Waals surface area contributed by atoms with Gasteiger partial charge in [0.25, 0.3) is 0 Å². The van der Waals surface area contributed by atoms with E-state index >= 15 is 0 Å². The van der Waals surface area contributed by atoms with E-state index in [1.165, 1.54) is 18.4 Å². The van der Waals surface area contributed by atoms with E-state index in [2.05, 4.69) is 11.3 Å². The lowest BCUT2D eigenvalue weighted by Gasteiger charge is -2.13. The molecule has 1 N–H and O–H groups in total. The van der Waals surface area contributed by atoms with Gasteiger partial charge < -0.3 is 5.11 Å². The lowest BCUT2D eigenvalue weighted by molar-refractivity contribution is 0.124. The van der Waals surface area contributed by atoms with E-state index in [0.717, 1.165) is 19.4 Å². The highest BCUT2D eigenvalue weighted by atomic mass is 16.3. The van der Waals surface area contributed by atoms with Gasteiger partial charge in [0.15, 0.2) is 0 Å². The molecule has 1 aliphatic carbocycles. The predicted molar refractivity (Wildman–Crippen MR) is 54.9 cm³/mol. The van der Waals surface area contributed by atoms with E-state index in [9.17, 15) is 5.11 Å². The Morgan fingerprint density at radius 2 is 2.43 bits per heavy atom. The molecule has 0 aromatic carbocycles. The van der Waals surface area contributed by atoms with Gasteiger partial charge in [-0.3, -0.25) is 4.68 Å². The van der Waals surface area contributed by atoms with Crippen molar-refractivity contribution in [1.82, 2.24) is 9.78 Å². The predicted octanol–water partition coefficient (Wildman–Crippen LogP) is 1.74. The van der Waals surface area contributed by atoms with E-state index in [1.54, 1.807) is 0 Å². The third-order valence-electron chi connectivity index (χ3n) is 3.11. The number of aromatic nitrogens is 2. The molecule has 0 saturated heterocycles. The van der Waals surface area contributed by atoms with Crippen molar-refractivity contribution < 1.29 is 5.11 Å². The number of hydrogen-bond acceptors (Lipinski definition) is 2. The van der Waals surface area contributed by atoms with Crippen molar-refractivity contribution >= 4 is 0 Å². The van der Waals surface area contributed by atoms with Crippen LogP contribution in [0.5, 0.6) is 0 Å². The number of aryl methyl sites for hydroxylation is 2. The van der Waals surface area contributed by atoms with Crippen LogP contribution in [-0.4, -0.2) is 21.0 Å². The number of rotatable bonds is 3. The molecule has 2 unspecified atom stereocenters. The molecule has 78 valence electrons. The zero-order chi connectivity index (χ0) is 9.97. The van der Waals surface area contributed by atoms with Crippen LogP contribution in [0.1, 0.15) is 31.2 Å². The molecule has 0 spiro atoms. The van der Waals surface area contributed by atoms with Crippen molar-refractivity contribution in [3.63, 3.8) is 0 Å². The highest BCUT2D eigenvalue weighted by Crippen LogP contribution is 2.28. The van der Waals surface area contributed by atoms with Crippen molar-refractivity contribution in [2.24, 2.45) is 5.92 Å². The van der Waals surface area contributed by atoms with E-state index in [4.69, 9.17) is 0 Å². The van der Waals surface area contributed by atoms with Crippen molar-refractivity contribution in [2.45, 2.75) is 45.3 Å². The molecule has 1 fully saturated rings. The Balaban J connectivity index is 1.82. The first kappa shape index (κ1) is 9.71. The minimum atomic E-state index is -0.0633. The van der Waals surface area contributed by atoms with Crippen LogP contribution >= 0.6 is 0 Å². The van der Waals surface area contributed by atoms with Gasteiger partial charge in [-0.25, -0.2) is 0 Å². The summed E-state index contributed by atoms with van der Waals surface area (Å²) < 4.78 is 1.97. The highest BCUT2D eigenvalue weighted by Gasteiger charge is 2.24. The fraction of sp³-hybridized carbons (Fsp3) is 0.727. The van der Waals surface area contributed by atoms with Crippen LogP contribution in [0.2, 0.25) is 0 Å². The largest absolute Gasteiger partial charge is 0.393 e. The molecule has 0 amide bonds. The molecular weight excluding hydrogens is 176 g/mol. The maximum Gasteiger partial charge on any atom is 0.0569 e. The maximum atomic E-state index is 9.64. The van der Waals surface area contributed by atoms with Gasteiger partial charge in [0.1, 0.15) is 0 Å². The SMILES string of the molecule is Cc1cnn(CCC2CCCC2O)c1. The molecular formula is C11H18N2O. The molecule has 1 heterocycles. The quantitative estimate of drug-likeness (QED) is 0.796. The molecule has 0 bridgehead atoms. The first-order valence-electron chi connectivity index (χ1n) is 5.43. The molecule has 1 saturated carbocycles. The first-order valence-corrected chi connectivity index (χ1v) is 5.43. The third-order valence-corrected chi connectivity index (χ3v) is 3.11. The molecule has 14 heavy (non-hydrogen) atoms. The zero-order valence-corrected chi connectivity index (χ0v) is 8.69.